The number of hydrogen-bond acceptors (Lipinski definition) is 3. The van der Waals surface area contributed by atoms with E-state index in [4.69, 9.17) is 4.74 Å². The molecule has 1 atom stereocenters. The summed E-state index contributed by atoms with van der Waals surface area (Å²) >= 11 is 0. The van der Waals surface area contributed by atoms with Gasteiger partial charge in [0.05, 0.1) is 13.3 Å². The molecule has 0 spiro atoms. The maximum absolute atomic E-state index is 15.0. The highest BCUT2D eigenvalue weighted by Gasteiger charge is 2.33. The fourth-order valence-electron chi connectivity index (χ4n) is 6.61. The standard InChI is InChI=1S/C35H44FNO2/c1-7-16-34(3,4)22-28-18-25(13-15-29(28)30-20-33(39-6)37-23-32(30)36)10-11-26-12-14-27-9-8-17-35(5,21-24(2)38)31(27)19-26/h12-15,18-20,23H,7-11,16-17,21-22H2,1-6H3. The van der Waals surface area contributed by atoms with Crippen LogP contribution in [0, 0.1) is 11.2 Å². The number of Topliss-reactive ketones (excluding diaryl/α,β-unsaturated/α-hetero) is 1. The highest BCUT2D eigenvalue weighted by Crippen LogP contribution is 2.41. The van der Waals surface area contributed by atoms with E-state index < -0.39 is 0 Å². The highest BCUT2D eigenvalue weighted by molar-refractivity contribution is 5.77. The van der Waals surface area contributed by atoms with Gasteiger partial charge in [0, 0.05) is 18.1 Å². The first-order valence-corrected chi connectivity index (χ1v) is 14.5. The van der Waals surface area contributed by atoms with Crippen molar-refractivity contribution in [1.29, 1.82) is 0 Å². The third-order valence-corrected chi connectivity index (χ3v) is 8.44. The van der Waals surface area contributed by atoms with Crippen LogP contribution in [0.5, 0.6) is 5.88 Å². The molecule has 0 aliphatic heterocycles. The fourth-order valence-corrected chi connectivity index (χ4v) is 6.61. The predicted octanol–water partition coefficient (Wildman–Crippen LogP) is 8.62. The number of methoxy groups -OCH3 is 1. The summed E-state index contributed by atoms with van der Waals surface area (Å²) in [5, 5.41) is 0. The zero-order valence-electron chi connectivity index (χ0n) is 24.6. The maximum Gasteiger partial charge on any atom is 0.213 e. The number of ketones is 1. The summed E-state index contributed by atoms with van der Waals surface area (Å²) in [5.41, 5.74) is 7.98. The number of carbonyl (C=O) groups excluding carboxylic acids is 1. The molecule has 1 heterocycles. The van der Waals surface area contributed by atoms with Crippen LogP contribution in [-0.4, -0.2) is 17.9 Å². The van der Waals surface area contributed by atoms with E-state index in [9.17, 15) is 9.18 Å². The molecule has 0 saturated carbocycles. The van der Waals surface area contributed by atoms with Crippen LogP contribution in [0.1, 0.15) is 94.5 Å². The SMILES string of the molecule is CCCC(C)(C)Cc1cc(CCc2ccc3c(c2)C(C)(CC(C)=O)CCC3)ccc1-c1cc(OC)ncc1F. The summed E-state index contributed by atoms with van der Waals surface area (Å²) in [6.45, 7) is 10.8. The molecule has 1 aromatic heterocycles. The normalized spacial score (nSPS) is 17.1. The minimum atomic E-state index is -0.333. The molecule has 1 aliphatic carbocycles. The van der Waals surface area contributed by atoms with Crippen molar-refractivity contribution in [1.82, 2.24) is 4.98 Å². The Morgan fingerprint density at radius 2 is 1.79 bits per heavy atom. The predicted molar refractivity (Wildman–Crippen MR) is 158 cm³/mol. The van der Waals surface area contributed by atoms with E-state index in [1.807, 2.05) is 0 Å². The van der Waals surface area contributed by atoms with Gasteiger partial charge in [-0.2, -0.15) is 0 Å². The van der Waals surface area contributed by atoms with Crippen LogP contribution in [0.3, 0.4) is 0 Å². The van der Waals surface area contributed by atoms with Crippen LogP contribution < -0.4 is 4.74 Å². The first-order chi connectivity index (χ1) is 18.5. The first-order valence-electron chi connectivity index (χ1n) is 14.5. The molecule has 2 aromatic carbocycles. The van der Waals surface area contributed by atoms with Gasteiger partial charge in [0.15, 0.2) is 0 Å². The zero-order valence-corrected chi connectivity index (χ0v) is 24.6. The lowest BCUT2D eigenvalue weighted by molar-refractivity contribution is -0.118. The molecule has 208 valence electrons. The molecule has 0 fully saturated rings. The lowest BCUT2D eigenvalue weighted by Crippen LogP contribution is -2.30. The van der Waals surface area contributed by atoms with Crippen molar-refractivity contribution in [2.24, 2.45) is 5.41 Å². The Bertz CT molecular complexity index is 1330. The van der Waals surface area contributed by atoms with Crippen molar-refractivity contribution < 1.29 is 13.9 Å². The van der Waals surface area contributed by atoms with Crippen molar-refractivity contribution in [3.05, 3.63) is 82.3 Å². The Balaban J connectivity index is 1.63. The van der Waals surface area contributed by atoms with Crippen molar-refractivity contribution in [2.45, 2.75) is 97.8 Å². The smallest absolute Gasteiger partial charge is 0.213 e. The summed E-state index contributed by atoms with van der Waals surface area (Å²) in [4.78, 5) is 16.1. The summed E-state index contributed by atoms with van der Waals surface area (Å²) in [6, 6.07) is 15.1. The van der Waals surface area contributed by atoms with Gasteiger partial charge in [0.1, 0.15) is 11.6 Å². The van der Waals surface area contributed by atoms with Gasteiger partial charge in [-0.05, 0) is 96.1 Å². The van der Waals surface area contributed by atoms with E-state index >= 15 is 0 Å². The number of carbonyl (C=O) groups is 1. The monoisotopic (exact) mass is 529 g/mol. The molecule has 0 amide bonds. The molecule has 3 nitrogen and oxygen atoms in total. The second kappa shape index (κ2) is 12.0. The van der Waals surface area contributed by atoms with E-state index in [-0.39, 0.29) is 22.4 Å². The molecule has 0 radical (unpaired) electrons. The largest absolute Gasteiger partial charge is 0.481 e. The van der Waals surface area contributed by atoms with Gasteiger partial charge in [0.25, 0.3) is 0 Å². The summed E-state index contributed by atoms with van der Waals surface area (Å²) in [5.74, 6) is 0.344. The van der Waals surface area contributed by atoms with E-state index in [0.717, 1.165) is 62.5 Å². The zero-order chi connectivity index (χ0) is 28.2. The van der Waals surface area contributed by atoms with Crippen molar-refractivity contribution in [2.75, 3.05) is 7.11 Å². The quantitative estimate of drug-likeness (QED) is 0.250. The van der Waals surface area contributed by atoms with Crippen molar-refractivity contribution in [3.63, 3.8) is 0 Å². The third kappa shape index (κ3) is 6.96. The number of nitrogens with zero attached hydrogens (tertiary/aromatic N) is 1. The van der Waals surface area contributed by atoms with Crippen LogP contribution in [0.4, 0.5) is 4.39 Å². The van der Waals surface area contributed by atoms with Gasteiger partial charge in [-0.25, -0.2) is 9.37 Å². The van der Waals surface area contributed by atoms with Gasteiger partial charge in [-0.15, -0.1) is 0 Å². The van der Waals surface area contributed by atoms with Crippen LogP contribution in [0.15, 0.2) is 48.7 Å². The Hall–Kier alpha value is -3.01. The lowest BCUT2D eigenvalue weighted by Gasteiger charge is -2.36. The molecule has 1 unspecified atom stereocenters. The average molecular weight is 530 g/mol. The number of fused-ring (bicyclic) bond motifs is 1. The minimum absolute atomic E-state index is 0.0647. The van der Waals surface area contributed by atoms with Crippen LogP contribution >= 0.6 is 0 Å². The number of hydrogen-bond donors (Lipinski definition) is 0. The number of halogens is 1. The van der Waals surface area contributed by atoms with E-state index in [1.54, 1.807) is 20.1 Å². The second-order valence-corrected chi connectivity index (χ2v) is 12.6. The molecule has 39 heavy (non-hydrogen) atoms. The fraction of sp³-hybridized carbons (Fsp3) is 0.486. The molecule has 4 rings (SSSR count). The Kier molecular flexibility index (Phi) is 8.93. The molecule has 0 N–H and O–H groups in total. The van der Waals surface area contributed by atoms with Gasteiger partial charge in [-0.1, -0.05) is 70.5 Å². The third-order valence-electron chi connectivity index (χ3n) is 8.44. The molecule has 1 aliphatic rings. The molecule has 3 aromatic rings. The Labute approximate surface area is 234 Å². The van der Waals surface area contributed by atoms with Gasteiger partial charge in [0.2, 0.25) is 5.88 Å². The highest BCUT2D eigenvalue weighted by atomic mass is 19.1. The number of pyridine rings is 1. The Morgan fingerprint density at radius 3 is 2.49 bits per heavy atom. The first kappa shape index (κ1) is 29.0. The number of ether oxygens (including phenoxy) is 1. The van der Waals surface area contributed by atoms with E-state index in [2.05, 4.69) is 69.1 Å². The molecule has 0 bridgehead atoms. The van der Waals surface area contributed by atoms with Crippen LogP contribution in [0.25, 0.3) is 11.1 Å². The van der Waals surface area contributed by atoms with Gasteiger partial charge >= 0.3 is 0 Å². The maximum atomic E-state index is 15.0. The number of aryl methyl sites for hydroxylation is 3. The average Bonchev–Trinajstić information content (AvgIpc) is 2.87. The van der Waals surface area contributed by atoms with Crippen LogP contribution in [0.2, 0.25) is 0 Å². The summed E-state index contributed by atoms with van der Waals surface area (Å²) in [7, 11) is 1.56. The van der Waals surface area contributed by atoms with E-state index in [1.165, 1.54) is 28.5 Å². The lowest BCUT2D eigenvalue weighted by atomic mass is 9.68. The van der Waals surface area contributed by atoms with Gasteiger partial charge < -0.3 is 4.74 Å². The van der Waals surface area contributed by atoms with Crippen molar-refractivity contribution >= 4 is 5.78 Å². The number of rotatable bonds is 11. The molecule has 0 saturated heterocycles. The Morgan fingerprint density at radius 1 is 1.08 bits per heavy atom. The van der Waals surface area contributed by atoms with E-state index in [0.29, 0.717) is 17.9 Å². The van der Waals surface area contributed by atoms with Crippen molar-refractivity contribution in [3.8, 4) is 17.0 Å². The number of aromatic nitrogens is 1. The summed E-state index contributed by atoms with van der Waals surface area (Å²) in [6.07, 6.45) is 10.1. The van der Waals surface area contributed by atoms with Crippen LogP contribution in [-0.2, 0) is 35.9 Å². The minimum Gasteiger partial charge on any atom is -0.481 e. The summed E-state index contributed by atoms with van der Waals surface area (Å²) < 4.78 is 20.3. The second-order valence-electron chi connectivity index (χ2n) is 12.6. The molecular formula is C35H44FNO2. The number of benzene rings is 2. The molecular weight excluding hydrogens is 485 g/mol. The van der Waals surface area contributed by atoms with Gasteiger partial charge in [-0.3, -0.25) is 4.79 Å². The molecule has 4 heteroatoms. The topological polar surface area (TPSA) is 39.2 Å².